The van der Waals surface area contributed by atoms with E-state index in [1.54, 1.807) is 6.20 Å². The van der Waals surface area contributed by atoms with E-state index in [1.807, 2.05) is 36.9 Å². The highest BCUT2D eigenvalue weighted by atomic mass is 16.2. The second-order valence-corrected chi connectivity index (χ2v) is 6.55. The standard InChI is InChI=1S/C18H20N6O/c1-11-10-14(13-6-5-8-19-16(13)12(11)2)18(25)24-9-4-3-7-15(24)17-20-22-23-21-17/h5-6,8,10,15H,3-4,7,9H2,1-2H3,(H,20,21,22,23). The molecule has 7 nitrogen and oxygen atoms in total. The van der Waals surface area contributed by atoms with Crippen LogP contribution in [0.1, 0.15) is 52.6 Å². The van der Waals surface area contributed by atoms with Crippen molar-refractivity contribution in [1.29, 1.82) is 0 Å². The predicted octanol–water partition coefficient (Wildman–Crippen LogP) is 2.73. The van der Waals surface area contributed by atoms with E-state index in [2.05, 4.69) is 25.6 Å². The third-order valence-corrected chi connectivity index (χ3v) is 5.06. The quantitative estimate of drug-likeness (QED) is 0.777. The molecule has 0 radical (unpaired) electrons. The number of carbonyl (C=O) groups excluding carboxylic acids is 1. The Hall–Kier alpha value is -2.83. The summed E-state index contributed by atoms with van der Waals surface area (Å²) in [5.74, 6) is 0.593. The van der Waals surface area contributed by atoms with Crippen LogP contribution in [0.5, 0.6) is 0 Å². The SMILES string of the molecule is Cc1cc(C(=O)N2CCCCC2c2nn[nH]n2)c2cccnc2c1C. The number of rotatable bonds is 2. The van der Waals surface area contributed by atoms with Gasteiger partial charge in [-0.2, -0.15) is 5.21 Å². The number of benzene rings is 1. The summed E-state index contributed by atoms with van der Waals surface area (Å²) >= 11 is 0. The topological polar surface area (TPSA) is 87.7 Å². The molecule has 1 unspecified atom stereocenters. The van der Waals surface area contributed by atoms with Gasteiger partial charge in [0.15, 0.2) is 5.82 Å². The number of amides is 1. The van der Waals surface area contributed by atoms with Crippen molar-refractivity contribution in [3.63, 3.8) is 0 Å². The summed E-state index contributed by atoms with van der Waals surface area (Å²) in [5.41, 5.74) is 3.77. The maximum Gasteiger partial charge on any atom is 0.255 e. The number of aromatic amines is 1. The molecule has 0 bridgehead atoms. The molecular weight excluding hydrogens is 316 g/mol. The fourth-order valence-corrected chi connectivity index (χ4v) is 3.60. The van der Waals surface area contributed by atoms with Gasteiger partial charge >= 0.3 is 0 Å². The average molecular weight is 336 g/mol. The Kier molecular flexibility index (Phi) is 3.91. The molecule has 1 aromatic carbocycles. The lowest BCUT2D eigenvalue weighted by Gasteiger charge is -2.34. The van der Waals surface area contributed by atoms with Gasteiger partial charge in [-0.25, -0.2) is 0 Å². The van der Waals surface area contributed by atoms with E-state index in [1.165, 1.54) is 0 Å². The molecule has 0 spiro atoms. The number of hydrogen-bond donors (Lipinski definition) is 1. The first-order valence-corrected chi connectivity index (χ1v) is 8.56. The Morgan fingerprint density at radius 1 is 1.32 bits per heavy atom. The van der Waals surface area contributed by atoms with Crippen molar-refractivity contribution in [2.75, 3.05) is 6.54 Å². The van der Waals surface area contributed by atoms with Crippen molar-refractivity contribution in [3.8, 4) is 0 Å². The lowest BCUT2D eigenvalue weighted by Crippen LogP contribution is -2.39. The van der Waals surface area contributed by atoms with Crippen LogP contribution in [-0.2, 0) is 0 Å². The van der Waals surface area contributed by atoms with E-state index >= 15 is 0 Å². The van der Waals surface area contributed by atoms with Gasteiger partial charge in [0.1, 0.15) is 0 Å². The van der Waals surface area contributed by atoms with Crippen LogP contribution in [0.25, 0.3) is 10.9 Å². The van der Waals surface area contributed by atoms with E-state index < -0.39 is 0 Å². The number of piperidine rings is 1. The fourth-order valence-electron chi connectivity index (χ4n) is 3.60. The minimum absolute atomic E-state index is 0.00981. The van der Waals surface area contributed by atoms with Gasteiger partial charge in [-0.15, -0.1) is 10.2 Å². The first-order valence-electron chi connectivity index (χ1n) is 8.56. The predicted molar refractivity (Wildman–Crippen MR) is 93.0 cm³/mol. The van der Waals surface area contributed by atoms with Crippen molar-refractivity contribution in [2.24, 2.45) is 0 Å². The number of hydrogen-bond acceptors (Lipinski definition) is 5. The monoisotopic (exact) mass is 336 g/mol. The van der Waals surface area contributed by atoms with E-state index in [0.29, 0.717) is 17.9 Å². The Balaban J connectivity index is 1.80. The molecule has 1 N–H and O–H groups in total. The van der Waals surface area contributed by atoms with Gasteiger partial charge in [-0.1, -0.05) is 11.3 Å². The minimum Gasteiger partial charge on any atom is -0.328 e. The molecule has 1 aliphatic heterocycles. The largest absolute Gasteiger partial charge is 0.328 e. The summed E-state index contributed by atoms with van der Waals surface area (Å²) in [4.78, 5) is 19.8. The molecule has 0 aliphatic carbocycles. The van der Waals surface area contributed by atoms with Crippen LogP contribution in [0.15, 0.2) is 24.4 Å². The Labute approximate surface area is 145 Å². The molecule has 2 aromatic heterocycles. The Morgan fingerprint density at radius 3 is 3.00 bits per heavy atom. The minimum atomic E-state index is -0.131. The van der Waals surface area contributed by atoms with E-state index in [4.69, 9.17) is 0 Å². The number of nitrogens with zero attached hydrogens (tertiary/aromatic N) is 5. The highest BCUT2D eigenvalue weighted by molar-refractivity contribution is 6.07. The van der Waals surface area contributed by atoms with Crippen molar-refractivity contribution >= 4 is 16.8 Å². The Bertz CT molecular complexity index is 921. The van der Waals surface area contributed by atoms with Crippen LogP contribution in [-0.4, -0.2) is 43.0 Å². The molecule has 4 rings (SSSR count). The zero-order valence-corrected chi connectivity index (χ0v) is 14.4. The zero-order chi connectivity index (χ0) is 17.4. The van der Waals surface area contributed by atoms with Crippen LogP contribution in [0.3, 0.4) is 0 Å². The third-order valence-electron chi connectivity index (χ3n) is 5.06. The number of aromatic nitrogens is 5. The van der Waals surface area contributed by atoms with E-state index in [9.17, 15) is 4.79 Å². The molecule has 3 aromatic rings. The molecule has 1 aliphatic rings. The van der Waals surface area contributed by atoms with Crippen LogP contribution < -0.4 is 0 Å². The smallest absolute Gasteiger partial charge is 0.255 e. The molecule has 1 fully saturated rings. The normalized spacial score (nSPS) is 17.8. The zero-order valence-electron chi connectivity index (χ0n) is 14.4. The van der Waals surface area contributed by atoms with Crippen LogP contribution in [0.2, 0.25) is 0 Å². The average Bonchev–Trinajstić information content (AvgIpc) is 3.19. The first-order chi connectivity index (χ1) is 12.2. The lowest BCUT2D eigenvalue weighted by molar-refractivity contribution is 0.0602. The number of carbonyl (C=O) groups is 1. The van der Waals surface area contributed by atoms with Crippen LogP contribution in [0, 0.1) is 13.8 Å². The maximum absolute atomic E-state index is 13.4. The second-order valence-electron chi connectivity index (χ2n) is 6.55. The molecule has 0 saturated carbocycles. The molecule has 7 heteroatoms. The van der Waals surface area contributed by atoms with Gasteiger partial charge in [-0.05, 0) is 56.4 Å². The van der Waals surface area contributed by atoms with Gasteiger partial charge in [0.25, 0.3) is 5.91 Å². The number of H-pyrrole nitrogens is 1. The van der Waals surface area contributed by atoms with Crippen molar-refractivity contribution in [2.45, 2.75) is 39.2 Å². The molecule has 128 valence electrons. The Morgan fingerprint density at radius 2 is 2.20 bits per heavy atom. The number of tetrazole rings is 1. The van der Waals surface area contributed by atoms with Crippen LogP contribution in [0.4, 0.5) is 0 Å². The highest BCUT2D eigenvalue weighted by Crippen LogP contribution is 2.32. The summed E-state index contributed by atoms with van der Waals surface area (Å²) < 4.78 is 0. The highest BCUT2D eigenvalue weighted by Gasteiger charge is 2.32. The number of aryl methyl sites for hydroxylation is 2. The van der Waals surface area contributed by atoms with Gasteiger partial charge in [0.2, 0.25) is 0 Å². The number of fused-ring (bicyclic) bond motifs is 1. The number of likely N-dealkylation sites (tertiary alicyclic amines) is 1. The summed E-state index contributed by atoms with van der Waals surface area (Å²) in [6.45, 7) is 4.77. The summed E-state index contributed by atoms with van der Waals surface area (Å²) in [6.07, 6.45) is 4.66. The van der Waals surface area contributed by atoms with Gasteiger partial charge < -0.3 is 4.90 Å². The van der Waals surface area contributed by atoms with Crippen molar-refractivity contribution in [1.82, 2.24) is 30.5 Å². The molecule has 1 saturated heterocycles. The van der Waals surface area contributed by atoms with E-state index in [-0.39, 0.29) is 11.9 Å². The van der Waals surface area contributed by atoms with Gasteiger partial charge in [0.05, 0.1) is 11.6 Å². The molecule has 3 heterocycles. The van der Waals surface area contributed by atoms with Crippen molar-refractivity contribution < 1.29 is 4.79 Å². The first kappa shape index (κ1) is 15.7. The third kappa shape index (κ3) is 2.65. The summed E-state index contributed by atoms with van der Waals surface area (Å²) in [5, 5.41) is 15.3. The van der Waals surface area contributed by atoms with Crippen molar-refractivity contribution in [3.05, 3.63) is 46.9 Å². The van der Waals surface area contributed by atoms with Gasteiger partial charge in [-0.3, -0.25) is 9.78 Å². The maximum atomic E-state index is 13.4. The number of pyridine rings is 1. The molecule has 1 atom stereocenters. The van der Waals surface area contributed by atoms with E-state index in [0.717, 1.165) is 41.3 Å². The van der Waals surface area contributed by atoms with Crippen LogP contribution >= 0.6 is 0 Å². The van der Waals surface area contributed by atoms with Gasteiger partial charge in [0, 0.05) is 23.7 Å². The molecular formula is C18H20N6O. The lowest BCUT2D eigenvalue weighted by atomic mass is 9.96. The molecule has 1 amide bonds. The summed E-state index contributed by atoms with van der Waals surface area (Å²) in [7, 11) is 0. The second kappa shape index (κ2) is 6.23. The molecule has 25 heavy (non-hydrogen) atoms. The summed E-state index contributed by atoms with van der Waals surface area (Å²) in [6, 6.07) is 5.69. The fraction of sp³-hybridized carbons (Fsp3) is 0.389. The number of nitrogens with one attached hydrogen (secondary N) is 1.